The number of halogens is 2. The summed E-state index contributed by atoms with van der Waals surface area (Å²) in [5, 5.41) is 6.07. The molecule has 1 saturated carbocycles. The van der Waals surface area contributed by atoms with E-state index in [9.17, 15) is 18.4 Å². The Hall–Kier alpha value is -4.53. The standard InChI is InChI=1S/C31H28F2N2O5/c1-38-24-14-15-25(27(17-24)39-2)31(37)40-18-28(36)35-30(20-8-12-23(33)13-9-20)26-5-3-4-21(29(26)34-35)16-19-6-10-22(32)11-7-19/h6-17,26,30H,3-5,18H2,1-2H3. The molecule has 1 heterocycles. The van der Waals surface area contributed by atoms with Gasteiger partial charge in [0.25, 0.3) is 5.91 Å². The van der Waals surface area contributed by atoms with Crippen molar-refractivity contribution in [2.45, 2.75) is 25.3 Å². The Balaban J connectivity index is 1.42. The maximum atomic E-state index is 13.8. The third kappa shape index (κ3) is 5.59. The minimum absolute atomic E-state index is 0.132. The molecule has 0 bridgehead atoms. The molecule has 206 valence electrons. The van der Waals surface area contributed by atoms with Gasteiger partial charge in [-0.05, 0) is 78.4 Å². The summed E-state index contributed by atoms with van der Waals surface area (Å²) in [7, 11) is 2.92. The van der Waals surface area contributed by atoms with Gasteiger partial charge in [-0.2, -0.15) is 5.10 Å². The number of fused-ring (bicyclic) bond motifs is 1. The highest BCUT2D eigenvalue weighted by molar-refractivity contribution is 6.08. The van der Waals surface area contributed by atoms with Crippen LogP contribution < -0.4 is 9.47 Å². The number of allylic oxidation sites excluding steroid dienone is 1. The van der Waals surface area contributed by atoms with Gasteiger partial charge in [-0.25, -0.2) is 18.6 Å². The minimum Gasteiger partial charge on any atom is -0.497 e. The maximum absolute atomic E-state index is 13.8. The predicted molar refractivity (Wildman–Crippen MR) is 145 cm³/mol. The number of hydrogen-bond donors (Lipinski definition) is 0. The van der Waals surface area contributed by atoms with Crippen LogP contribution in [0.1, 0.15) is 46.8 Å². The third-order valence-electron chi connectivity index (χ3n) is 7.13. The van der Waals surface area contributed by atoms with Crippen LogP contribution >= 0.6 is 0 Å². The second-order valence-electron chi connectivity index (χ2n) is 9.58. The average Bonchev–Trinajstić information content (AvgIpc) is 3.37. The summed E-state index contributed by atoms with van der Waals surface area (Å²) in [6.07, 6.45) is 4.34. The van der Waals surface area contributed by atoms with Gasteiger partial charge < -0.3 is 14.2 Å². The van der Waals surface area contributed by atoms with Crippen molar-refractivity contribution in [3.8, 4) is 11.5 Å². The van der Waals surface area contributed by atoms with Gasteiger partial charge in [-0.15, -0.1) is 0 Å². The molecule has 2 unspecified atom stereocenters. The third-order valence-corrected chi connectivity index (χ3v) is 7.13. The van der Waals surface area contributed by atoms with Gasteiger partial charge in [0.2, 0.25) is 0 Å². The molecular weight excluding hydrogens is 518 g/mol. The maximum Gasteiger partial charge on any atom is 0.342 e. The van der Waals surface area contributed by atoms with E-state index in [-0.39, 0.29) is 28.9 Å². The van der Waals surface area contributed by atoms with Crippen molar-refractivity contribution in [1.29, 1.82) is 0 Å². The van der Waals surface area contributed by atoms with Crippen molar-refractivity contribution in [3.05, 3.63) is 101 Å². The Morgan fingerprint density at radius 2 is 1.68 bits per heavy atom. The van der Waals surface area contributed by atoms with Crippen LogP contribution in [-0.4, -0.2) is 43.4 Å². The van der Waals surface area contributed by atoms with Crippen molar-refractivity contribution in [2.75, 3.05) is 20.8 Å². The largest absolute Gasteiger partial charge is 0.497 e. The number of carbonyl (C=O) groups is 2. The van der Waals surface area contributed by atoms with E-state index in [0.717, 1.165) is 41.7 Å². The first-order valence-corrected chi connectivity index (χ1v) is 12.9. The molecule has 1 aliphatic heterocycles. The summed E-state index contributed by atoms with van der Waals surface area (Å²) in [4.78, 5) is 26.3. The zero-order valence-electron chi connectivity index (χ0n) is 22.1. The fourth-order valence-electron chi connectivity index (χ4n) is 5.20. The molecule has 2 atom stereocenters. The lowest BCUT2D eigenvalue weighted by Crippen LogP contribution is -2.34. The van der Waals surface area contributed by atoms with Crippen LogP contribution in [0.4, 0.5) is 8.78 Å². The van der Waals surface area contributed by atoms with E-state index >= 15 is 0 Å². The molecule has 1 amide bonds. The summed E-state index contributed by atoms with van der Waals surface area (Å²) in [6, 6.07) is 16.3. The number of ether oxygens (including phenoxy) is 3. The van der Waals surface area contributed by atoms with E-state index < -0.39 is 24.5 Å². The fourth-order valence-corrected chi connectivity index (χ4v) is 5.20. The molecule has 1 fully saturated rings. The smallest absolute Gasteiger partial charge is 0.342 e. The molecule has 7 nitrogen and oxygen atoms in total. The lowest BCUT2D eigenvalue weighted by molar-refractivity contribution is -0.137. The average molecular weight is 547 g/mol. The zero-order valence-corrected chi connectivity index (χ0v) is 22.1. The second-order valence-corrected chi connectivity index (χ2v) is 9.58. The Kier molecular flexibility index (Phi) is 7.91. The molecule has 0 spiro atoms. The van der Waals surface area contributed by atoms with E-state index in [1.54, 1.807) is 36.4 Å². The molecular formula is C31H28F2N2O5. The van der Waals surface area contributed by atoms with E-state index in [4.69, 9.17) is 19.3 Å². The first-order valence-electron chi connectivity index (χ1n) is 12.9. The lowest BCUT2D eigenvalue weighted by atomic mass is 9.77. The number of amides is 1. The molecule has 9 heteroatoms. The lowest BCUT2D eigenvalue weighted by Gasteiger charge is -2.29. The van der Waals surface area contributed by atoms with Gasteiger partial charge in [0.05, 0.1) is 26.0 Å². The number of hydrogen-bond acceptors (Lipinski definition) is 6. The molecule has 40 heavy (non-hydrogen) atoms. The zero-order chi connectivity index (χ0) is 28.2. The monoisotopic (exact) mass is 546 g/mol. The van der Waals surface area contributed by atoms with Gasteiger partial charge in [-0.1, -0.05) is 24.3 Å². The summed E-state index contributed by atoms with van der Waals surface area (Å²) < 4.78 is 43.0. The highest BCUT2D eigenvalue weighted by atomic mass is 19.1. The SMILES string of the molecule is COc1ccc(C(=O)OCC(=O)N2N=C3C(=Cc4ccc(F)cc4)CCCC3C2c2ccc(F)cc2)c(OC)c1. The van der Waals surface area contributed by atoms with E-state index in [1.165, 1.54) is 49.6 Å². The number of carbonyl (C=O) groups excluding carboxylic acids is 2. The van der Waals surface area contributed by atoms with Gasteiger partial charge in [0, 0.05) is 12.0 Å². The summed E-state index contributed by atoms with van der Waals surface area (Å²) >= 11 is 0. The Morgan fingerprint density at radius 3 is 2.35 bits per heavy atom. The van der Waals surface area contributed by atoms with Gasteiger partial charge in [-0.3, -0.25) is 4.79 Å². The van der Waals surface area contributed by atoms with E-state index in [2.05, 4.69) is 0 Å². The molecule has 0 aromatic heterocycles. The molecule has 0 radical (unpaired) electrons. The van der Waals surface area contributed by atoms with Crippen LogP contribution in [0, 0.1) is 17.6 Å². The molecule has 0 saturated heterocycles. The van der Waals surface area contributed by atoms with Crippen LogP contribution in [0.5, 0.6) is 11.5 Å². The Bertz CT molecular complexity index is 1470. The van der Waals surface area contributed by atoms with Crippen molar-refractivity contribution < 1.29 is 32.6 Å². The molecule has 3 aromatic rings. The van der Waals surface area contributed by atoms with Crippen LogP contribution in [0.15, 0.2) is 77.4 Å². The number of esters is 1. The van der Waals surface area contributed by atoms with Crippen molar-refractivity contribution in [1.82, 2.24) is 5.01 Å². The molecule has 0 N–H and O–H groups in total. The summed E-state index contributed by atoms with van der Waals surface area (Å²) in [5.41, 5.74) is 3.40. The van der Waals surface area contributed by atoms with Crippen LogP contribution in [0.2, 0.25) is 0 Å². The normalized spacial score (nSPS) is 19.1. The number of hydrazone groups is 1. The summed E-state index contributed by atoms with van der Waals surface area (Å²) in [5.74, 6) is -1.33. The van der Waals surface area contributed by atoms with Crippen molar-refractivity contribution in [2.24, 2.45) is 11.0 Å². The number of nitrogens with zero attached hydrogens (tertiary/aromatic N) is 2. The first-order chi connectivity index (χ1) is 19.4. The molecule has 5 rings (SSSR count). The Labute approximate surface area is 230 Å². The summed E-state index contributed by atoms with van der Waals surface area (Å²) in [6.45, 7) is -0.549. The van der Waals surface area contributed by atoms with E-state index in [0.29, 0.717) is 5.75 Å². The number of methoxy groups -OCH3 is 2. The minimum atomic E-state index is -0.729. The molecule has 3 aromatic carbocycles. The van der Waals surface area contributed by atoms with Gasteiger partial charge in [0.15, 0.2) is 6.61 Å². The van der Waals surface area contributed by atoms with E-state index in [1.807, 2.05) is 6.08 Å². The quantitative estimate of drug-likeness (QED) is 0.342. The second kappa shape index (κ2) is 11.7. The first kappa shape index (κ1) is 27.1. The number of rotatable bonds is 7. The highest BCUT2D eigenvalue weighted by Gasteiger charge is 2.44. The molecule has 2 aliphatic rings. The number of benzene rings is 3. The molecule has 1 aliphatic carbocycles. The van der Waals surface area contributed by atoms with Crippen LogP contribution in [-0.2, 0) is 9.53 Å². The fraction of sp³-hybridized carbons (Fsp3) is 0.258. The topological polar surface area (TPSA) is 77.4 Å². The predicted octanol–water partition coefficient (Wildman–Crippen LogP) is 5.96. The van der Waals surface area contributed by atoms with Gasteiger partial charge >= 0.3 is 5.97 Å². The Morgan fingerprint density at radius 1 is 0.975 bits per heavy atom. The van der Waals surface area contributed by atoms with Gasteiger partial charge in [0.1, 0.15) is 28.7 Å². The highest BCUT2D eigenvalue weighted by Crippen LogP contribution is 2.44. The van der Waals surface area contributed by atoms with Crippen LogP contribution in [0.3, 0.4) is 0 Å². The van der Waals surface area contributed by atoms with Crippen molar-refractivity contribution >= 4 is 23.7 Å². The van der Waals surface area contributed by atoms with Crippen LogP contribution in [0.25, 0.3) is 6.08 Å². The van der Waals surface area contributed by atoms with Crippen molar-refractivity contribution in [3.63, 3.8) is 0 Å².